The molecule has 0 saturated heterocycles. The van der Waals surface area contributed by atoms with Crippen LogP contribution in [0.2, 0.25) is 25.7 Å². The second-order valence-corrected chi connectivity index (χ2v) is 18.3. The molecule has 9 heteroatoms. The van der Waals surface area contributed by atoms with E-state index in [9.17, 15) is 0 Å². The van der Waals surface area contributed by atoms with Gasteiger partial charge in [-0.25, -0.2) is 14.6 Å². The molecule has 39 heavy (non-hydrogen) atoms. The number of thiophene rings is 1. The number of anilines is 1. The molecule has 0 aliphatic rings. The van der Waals surface area contributed by atoms with E-state index in [1.807, 2.05) is 17.1 Å². The Morgan fingerprint density at radius 3 is 2.62 bits per heavy atom. The van der Waals surface area contributed by atoms with Crippen LogP contribution in [0.3, 0.4) is 0 Å². The first-order valence-electron chi connectivity index (χ1n) is 13.4. The molecule has 0 saturated carbocycles. The lowest BCUT2D eigenvalue weighted by Gasteiger charge is -2.16. The van der Waals surface area contributed by atoms with Gasteiger partial charge < -0.3 is 15.0 Å². The molecule has 4 aromatic heterocycles. The molecule has 0 atom stereocenters. The zero-order valence-corrected chi connectivity index (χ0v) is 24.9. The van der Waals surface area contributed by atoms with Crippen LogP contribution in [0, 0.1) is 0 Å². The quantitative estimate of drug-likeness (QED) is 0.153. The molecule has 0 unspecified atom stereocenters. The first-order chi connectivity index (χ1) is 18.7. The van der Waals surface area contributed by atoms with E-state index in [4.69, 9.17) is 15.6 Å². The number of fused-ring (bicyclic) bond motifs is 3. The molecule has 0 amide bonds. The van der Waals surface area contributed by atoms with Crippen molar-refractivity contribution in [3.63, 3.8) is 0 Å². The van der Waals surface area contributed by atoms with Crippen molar-refractivity contribution in [1.29, 1.82) is 0 Å². The number of ether oxygens (including phenoxy) is 1. The van der Waals surface area contributed by atoms with E-state index in [1.165, 1.54) is 15.0 Å². The van der Waals surface area contributed by atoms with Gasteiger partial charge >= 0.3 is 0 Å². The number of nitrogen functional groups attached to an aromatic ring is 1. The summed E-state index contributed by atoms with van der Waals surface area (Å²) in [6.07, 6.45) is 5.94. The minimum absolute atomic E-state index is 0.260. The monoisotopic (exact) mass is 554 g/mol. The average molecular weight is 555 g/mol. The van der Waals surface area contributed by atoms with Crippen LogP contribution in [0.25, 0.3) is 53.6 Å². The highest BCUT2D eigenvalue weighted by Crippen LogP contribution is 2.41. The fraction of sp³-hybridized carbons (Fsp3) is 0.300. The summed E-state index contributed by atoms with van der Waals surface area (Å²) in [7, 11) is -1.17. The van der Waals surface area contributed by atoms with Gasteiger partial charge in [-0.3, -0.25) is 0 Å². The van der Waals surface area contributed by atoms with Crippen molar-refractivity contribution >= 4 is 57.4 Å². The molecule has 0 spiro atoms. The Balaban J connectivity index is 1.52. The first-order valence-corrected chi connectivity index (χ1v) is 17.9. The molecule has 0 aliphatic heterocycles. The van der Waals surface area contributed by atoms with E-state index in [0.29, 0.717) is 6.73 Å². The number of nitrogens with zero attached hydrogens (tertiary/aromatic N) is 5. The Morgan fingerprint density at radius 1 is 1.03 bits per heavy atom. The van der Waals surface area contributed by atoms with Crippen molar-refractivity contribution < 1.29 is 4.74 Å². The number of rotatable bonds is 8. The van der Waals surface area contributed by atoms with Crippen LogP contribution < -0.4 is 5.73 Å². The highest BCUT2D eigenvalue weighted by molar-refractivity contribution is 7.22. The topological polar surface area (TPSA) is 83.8 Å². The standard InChI is InChI=1S/C30H34N6OSSi/c1-19(2)35-17-24(28-25(35)16-32-30(31)34-28)21-12-22-15-33-36(18-37-10-11-39(3,4)5)29(22)23(13-21)27-14-20-8-6-7-9-26(20)38-27/h6-9,12-17,19H,10-11,18H2,1-5H3,(H2,31,32,34). The number of hydrogen-bond donors (Lipinski definition) is 1. The van der Waals surface area contributed by atoms with E-state index in [1.54, 1.807) is 11.3 Å². The van der Waals surface area contributed by atoms with Gasteiger partial charge in [-0.1, -0.05) is 37.8 Å². The zero-order chi connectivity index (χ0) is 27.3. The fourth-order valence-electron chi connectivity index (χ4n) is 5.00. The van der Waals surface area contributed by atoms with E-state index in [0.717, 1.165) is 51.3 Å². The lowest BCUT2D eigenvalue weighted by atomic mass is 10.0. The third kappa shape index (κ3) is 4.97. The summed E-state index contributed by atoms with van der Waals surface area (Å²) in [4.78, 5) is 10.1. The van der Waals surface area contributed by atoms with Gasteiger partial charge in [0.15, 0.2) is 0 Å². The number of hydrogen-bond acceptors (Lipinski definition) is 6. The maximum absolute atomic E-state index is 6.13. The second kappa shape index (κ2) is 9.89. The van der Waals surface area contributed by atoms with Crippen molar-refractivity contribution in [2.75, 3.05) is 12.3 Å². The van der Waals surface area contributed by atoms with Crippen molar-refractivity contribution in [3.8, 4) is 21.6 Å². The zero-order valence-electron chi connectivity index (χ0n) is 23.1. The largest absolute Gasteiger partial charge is 0.368 e. The molecule has 200 valence electrons. The summed E-state index contributed by atoms with van der Waals surface area (Å²) in [6, 6.07) is 16.7. The van der Waals surface area contributed by atoms with Crippen LogP contribution in [-0.4, -0.2) is 39.0 Å². The normalized spacial score (nSPS) is 12.5. The predicted octanol–water partition coefficient (Wildman–Crippen LogP) is 7.81. The third-order valence-corrected chi connectivity index (χ3v) is 9.95. The van der Waals surface area contributed by atoms with Gasteiger partial charge in [0.2, 0.25) is 5.95 Å². The van der Waals surface area contributed by atoms with Gasteiger partial charge in [-0.15, -0.1) is 11.3 Å². The highest BCUT2D eigenvalue weighted by atomic mass is 32.1. The molecule has 0 fully saturated rings. The van der Waals surface area contributed by atoms with Crippen LogP contribution in [0.5, 0.6) is 0 Å². The van der Waals surface area contributed by atoms with Gasteiger partial charge in [0.1, 0.15) is 12.2 Å². The molecule has 0 radical (unpaired) electrons. The number of benzene rings is 2. The SMILES string of the molecule is CC(C)n1cc(-c2cc(-c3cc4ccccc4s3)c3c(cnn3COCC[Si](C)(C)C)c2)c2nc(N)ncc21. The van der Waals surface area contributed by atoms with Gasteiger partial charge in [-0.2, -0.15) is 5.10 Å². The smallest absolute Gasteiger partial charge is 0.220 e. The lowest BCUT2D eigenvalue weighted by Crippen LogP contribution is -2.22. The summed E-state index contributed by atoms with van der Waals surface area (Å²) < 4.78 is 11.6. The summed E-state index contributed by atoms with van der Waals surface area (Å²) in [6.45, 7) is 12.6. The van der Waals surface area contributed by atoms with Crippen LogP contribution in [-0.2, 0) is 11.5 Å². The Bertz CT molecular complexity index is 1780. The number of aromatic nitrogens is 5. The highest BCUT2D eigenvalue weighted by Gasteiger charge is 2.20. The van der Waals surface area contributed by atoms with E-state index in [2.05, 4.69) is 96.7 Å². The van der Waals surface area contributed by atoms with Crippen molar-refractivity contribution in [2.45, 2.75) is 52.3 Å². The fourth-order valence-corrected chi connectivity index (χ4v) is 6.84. The maximum atomic E-state index is 6.13. The molecule has 2 aromatic carbocycles. The van der Waals surface area contributed by atoms with Crippen LogP contribution in [0.15, 0.2) is 61.1 Å². The van der Waals surface area contributed by atoms with Gasteiger partial charge in [0.05, 0.1) is 23.4 Å². The minimum Gasteiger partial charge on any atom is -0.368 e. The van der Waals surface area contributed by atoms with Crippen molar-refractivity contribution in [3.05, 3.63) is 61.1 Å². The van der Waals surface area contributed by atoms with Crippen molar-refractivity contribution in [1.82, 2.24) is 24.3 Å². The maximum Gasteiger partial charge on any atom is 0.220 e. The molecular formula is C30H34N6OSSi. The van der Waals surface area contributed by atoms with E-state index in [-0.39, 0.29) is 12.0 Å². The molecule has 6 aromatic rings. The van der Waals surface area contributed by atoms with E-state index >= 15 is 0 Å². The lowest BCUT2D eigenvalue weighted by molar-refractivity contribution is 0.0817. The molecule has 6 rings (SSSR count). The molecule has 4 heterocycles. The Labute approximate surface area is 233 Å². The summed E-state index contributed by atoms with van der Waals surface area (Å²) in [5, 5.41) is 7.08. The molecule has 0 aliphatic carbocycles. The summed E-state index contributed by atoms with van der Waals surface area (Å²) >= 11 is 1.80. The Kier molecular flexibility index (Phi) is 6.53. The summed E-state index contributed by atoms with van der Waals surface area (Å²) in [5.41, 5.74) is 12.2. The van der Waals surface area contributed by atoms with Crippen molar-refractivity contribution in [2.24, 2.45) is 0 Å². The van der Waals surface area contributed by atoms with E-state index < -0.39 is 8.07 Å². The molecule has 0 bridgehead atoms. The third-order valence-electron chi connectivity index (χ3n) is 7.09. The second-order valence-electron chi connectivity index (χ2n) is 11.6. The van der Waals surface area contributed by atoms with Crippen LogP contribution in [0.1, 0.15) is 19.9 Å². The molecule has 2 N–H and O–H groups in total. The van der Waals surface area contributed by atoms with Gasteiger partial charge in [0.25, 0.3) is 0 Å². The van der Waals surface area contributed by atoms with Gasteiger partial charge in [-0.05, 0) is 55.1 Å². The summed E-state index contributed by atoms with van der Waals surface area (Å²) in [5.74, 6) is 0.277. The van der Waals surface area contributed by atoms with Crippen LogP contribution in [0.4, 0.5) is 5.95 Å². The Morgan fingerprint density at radius 2 is 1.85 bits per heavy atom. The Hall–Kier alpha value is -3.53. The molecule has 7 nitrogen and oxygen atoms in total. The first kappa shape index (κ1) is 25.7. The molecular weight excluding hydrogens is 521 g/mol. The number of nitrogens with two attached hydrogens (primary N) is 1. The predicted molar refractivity (Wildman–Crippen MR) is 166 cm³/mol. The van der Waals surface area contributed by atoms with Crippen LogP contribution >= 0.6 is 11.3 Å². The van der Waals surface area contributed by atoms with Gasteiger partial charge in [0, 0.05) is 53.0 Å². The average Bonchev–Trinajstić information content (AvgIpc) is 3.60. The minimum atomic E-state index is -1.17.